The Morgan fingerprint density at radius 2 is 1.90 bits per heavy atom. The Hall–Kier alpha value is -1.75. The van der Waals surface area contributed by atoms with Gasteiger partial charge in [0.25, 0.3) is 5.91 Å². The highest BCUT2D eigenvalue weighted by atomic mass is 32.1. The number of anilines is 1. The number of hydrogen-bond donors (Lipinski definition) is 1. The monoisotopic (exact) mass is 289 g/mol. The molecule has 0 aliphatic rings. The van der Waals surface area contributed by atoms with Gasteiger partial charge in [-0.05, 0) is 26.0 Å². The van der Waals surface area contributed by atoms with E-state index in [0.29, 0.717) is 10.7 Å². The minimum absolute atomic E-state index is 0.0131. The summed E-state index contributed by atoms with van der Waals surface area (Å²) in [7, 11) is 0. The summed E-state index contributed by atoms with van der Waals surface area (Å²) in [5.74, 6) is -0.162. The quantitative estimate of drug-likeness (QED) is 0.917. The van der Waals surface area contributed by atoms with Gasteiger partial charge in [0.1, 0.15) is 0 Å². The summed E-state index contributed by atoms with van der Waals surface area (Å²) in [6.45, 7) is 10.0. The number of aromatic nitrogens is 2. The Balaban J connectivity index is 2.17. The van der Waals surface area contributed by atoms with Gasteiger partial charge in [0.15, 0.2) is 5.13 Å². The molecule has 2 heterocycles. The maximum atomic E-state index is 12.2. The SMILES string of the molecule is Cc1ccc(C(=O)Nc2nc(C(C)(C)C)cs2)c(C)n1. The van der Waals surface area contributed by atoms with Gasteiger partial charge in [0, 0.05) is 16.5 Å². The number of nitrogens with zero attached hydrogens (tertiary/aromatic N) is 2. The van der Waals surface area contributed by atoms with E-state index in [9.17, 15) is 4.79 Å². The minimum Gasteiger partial charge on any atom is -0.298 e. The molecule has 0 unspecified atom stereocenters. The summed E-state index contributed by atoms with van der Waals surface area (Å²) in [4.78, 5) is 21.0. The first kappa shape index (κ1) is 14.7. The van der Waals surface area contributed by atoms with E-state index in [0.717, 1.165) is 17.1 Å². The first-order chi connectivity index (χ1) is 9.27. The van der Waals surface area contributed by atoms with Crippen molar-refractivity contribution in [2.75, 3.05) is 5.32 Å². The summed E-state index contributed by atoms with van der Waals surface area (Å²) in [6, 6.07) is 3.63. The van der Waals surface area contributed by atoms with Crippen molar-refractivity contribution in [1.29, 1.82) is 0 Å². The van der Waals surface area contributed by atoms with Crippen molar-refractivity contribution < 1.29 is 4.79 Å². The maximum absolute atomic E-state index is 12.2. The fraction of sp³-hybridized carbons (Fsp3) is 0.400. The van der Waals surface area contributed by atoms with E-state index in [2.05, 4.69) is 36.1 Å². The van der Waals surface area contributed by atoms with Gasteiger partial charge in [-0.1, -0.05) is 20.8 Å². The molecule has 0 radical (unpaired) electrons. The van der Waals surface area contributed by atoms with Crippen LogP contribution >= 0.6 is 11.3 Å². The third-order valence-corrected chi connectivity index (χ3v) is 3.72. The Kier molecular flexibility index (Phi) is 3.90. The van der Waals surface area contributed by atoms with Crippen LogP contribution in [0.15, 0.2) is 17.5 Å². The number of amides is 1. The normalized spacial score (nSPS) is 11.4. The number of nitrogens with one attached hydrogen (secondary N) is 1. The molecule has 0 bridgehead atoms. The van der Waals surface area contributed by atoms with Crippen molar-refractivity contribution in [2.24, 2.45) is 0 Å². The van der Waals surface area contributed by atoms with Crippen LogP contribution in [0, 0.1) is 13.8 Å². The number of rotatable bonds is 2. The summed E-state index contributed by atoms with van der Waals surface area (Å²) >= 11 is 1.44. The fourth-order valence-corrected chi connectivity index (χ4v) is 2.70. The number of aryl methyl sites for hydroxylation is 2. The van der Waals surface area contributed by atoms with Crippen LogP contribution in [0.4, 0.5) is 5.13 Å². The van der Waals surface area contributed by atoms with Gasteiger partial charge in [-0.15, -0.1) is 11.3 Å². The van der Waals surface area contributed by atoms with Crippen molar-refractivity contribution in [3.63, 3.8) is 0 Å². The van der Waals surface area contributed by atoms with Gasteiger partial charge in [-0.3, -0.25) is 15.1 Å². The van der Waals surface area contributed by atoms with Crippen molar-refractivity contribution in [3.8, 4) is 0 Å². The van der Waals surface area contributed by atoms with E-state index >= 15 is 0 Å². The standard InChI is InChI=1S/C15H19N3OS/c1-9-6-7-11(10(2)16-9)13(19)18-14-17-12(8-20-14)15(3,4)5/h6-8H,1-5H3,(H,17,18,19). The lowest BCUT2D eigenvalue weighted by Crippen LogP contribution is -2.15. The molecule has 0 saturated heterocycles. The molecule has 2 aromatic rings. The lowest BCUT2D eigenvalue weighted by Gasteiger charge is -2.14. The molecule has 20 heavy (non-hydrogen) atoms. The smallest absolute Gasteiger partial charge is 0.259 e. The molecular weight excluding hydrogens is 270 g/mol. The Morgan fingerprint density at radius 1 is 1.20 bits per heavy atom. The van der Waals surface area contributed by atoms with Gasteiger partial charge < -0.3 is 0 Å². The zero-order chi connectivity index (χ0) is 14.9. The Morgan fingerprint density at radius 3 is 2.45 bits per heavy atom. The summed E-state index contributed by atoms with van der Waals surface area (Å²) in [5, 5.41) is 5.45. The number of hydrogen-bond acceptors (Lipinski definition) is 4. The van der Waals surface area contributed by atoms with Crippen molar-refractivity contribution in [2.45, 2.75) is 40.0 Å². The molecule has 5 heteroatoms. The largest absolute Gasteiger partial charge is 0.298 e. The number of carbonyl (C=O) groups is 1. The molecule has 2 aromatic heterocycles. The summed E-state index contributed by atoms with van der Waals surface area (Å²) < 4.78 is 0. The molecule has 2 rings (SSSR count). The topological polar surface area (TPSA) is 54.9 Å². The van der Waals surface area contributed by atoms with Crippen molar-refractivity contribution >= 4 is 22.4 Å². The molecule has 1 amide bonds. The van der Waals surface area contributed by atoms with E-state index < -0.39 is 0 Å². The Labute approximate surface area is 123 Å². The average Bonchev–Trinajstić information content (AvgIpc) is 2.76. The molecule has 0 aliphatic carbocycles. The molecule has 0 aromatic carbocycles. The van der Waals surface area contributed by atoms with Gasteiger partial charge >= 0.3 is 0 Å². The molecule has 0 aliphatic heterocycles. The first-order valence-corrected chi connectivity index (χ1v) is 7.37. The summed E-state index contributed by atoms with van der Waals surface area (Å²) in [6.07, 6.45) is 0. The van der Waals surface area contributed by atoms with Crippen LogP contribution in [0.25, 0.3) is 0 Å². The van der Waals surface area contributed by atoms with E-state index in [1.807, 2.05) is 25.3 Å². The lowest BCUT2D eigenvalue weighted by atomic mass is 9.93. The second-order valence-corrected chi connectivity index (χ2v) is 6.69. The van der Waals surface area contributed by atoms with E-state index in [-0.39, 0.29) is 11.3 Å². The van der Waals surface area contributed by atoms with E-state index in [4.69, 9.17) is 0 Å². The third kappa shape index (κ3) is 3.22. The highest BCUT2D eigenvalue weighted by Crippen LogP contribution is 2.26. The Bertz CT molecular complexity index is 641. The molecule has 1 N–H and O–H groups in total. The predicted octanol–water partition coefficient (Wildman–Crippen LogP) is 3.70. The molecule has 0 spiro atoms. The highest BCUT2D eigenvalue weighted by molar-refractivity contribution is 7.14. The van der Waals surface area contributed by atoms with Crippen LogP contribution in [0.3, 0.4) is 0 Å². The van der Waals surface area contributed by atoms with Crippen LogP contribution < -0.4 is 5.32 Å². The zero-order valence-electron chi connectivity index (χ0n) is 12.4. The fourth-order valence-electron chi connectivity index (χ4n) is 1.77. The third-order valence-electron chi connectivity index (χ3n) is 2.96. The van der Waals surface area contributed by atoms with Gasteiger partial charge in [-0.2, -0.15) is 0 Å². The second kappa shape index (κ2) is 5.32. The number of carbonyl (C=O) groups excluding carboxylic acids is 1. The molecule has 0 atom stereocenters. The van der Waals surface area contributed by atoms with Crippen molar-refractivity contribution in [1.82, 2.24) is 9.97 Å². The average molecular weight is 289 g/mol. The molecule has 0 saturated carbocycles. The first-order valence-electron chi connectivity index (χ1n) is 6.49. The lowest BCUT2D eigenvalue weighted by molar-refractivity contribution is 0.102. The van der Waals surface area contributed by atoms with E-state index in [1.54, 1.807) is 6.07 Å². The van der Waals surface area contributed by atoms with Crippen LogP contribution in [-0.2, 0) is 5.41 Å². The molecule has 0 fully saturated rings. The second-order valence-electron chi connectivity index (χ2n) is 5.83. The zero-order valence-corrected chi connectivity index (χ0v) is 13.3. The van der Waals surface area contributed by atoms with Crippen LogP contribution in [0.1, 0.15) is 48.2 Å². The number of thiazole rings is 1. The minimum atomic E-state index is -0.162. The highest BCUT2D eigenvalue weighted by Gasteiger charge is 2.19. The van der Waals surface area contributed by atoms with E-state index in [1.165, 1.54) is 11.3 Å². The number of pyridine rings is 1. The molecule has 4 nitrogen and oxygen atoms in total. The molecular formula is C15H19N3OS. The summed E-state index contributed by atoms with van der Waals surface area (Å²) in [5.41, 5.74) is 3.19. The van der Waals surface area contributed by atoms with Gasteiger partial charge in [0.05, 0.1) is 17.0 Å². The predicted molar refractivity (Wildman–Crippen MR) is 82.5 cm³/mol. The maximum Gasteiger partial charge on any atom is 0.259 e. The van der Waals surface area contributed by atoms with Crippen LogP contribution in [0.2, 0.25) is 0 Å². The van der Waals surface area contributed by atoms with Crippen molar-refractivity contribution in [3.05, 3.63) is 40.2 Å². The van der Waals surface area contributed by atoms with Gasteiger partial charge in [0.2, 0.25) is 0 Å². The van der Waals surface area contributed by atoms with Crippen LogP contribution in [0.5, 0.6) is 0 Å². The van der Waals surface area contributed by atoms with Crippen LogP contribution in [-0.4, -0.2) is 15.9 Å². The van der Waals surface area contributed by atoms with Gasteiger partial charge in [-0.25, -0.2) is 4.98 Å². The molecule has 106 valence electrons.